The average Bonchev–Trinajstić information content (AvgIpc) is 3.03. The summed E-state index contributed by atoms with van der Waals surface area (Å²) in [5.74, 6) is 1.07. The lowest BCUT2D eigenvalue weighted by molar-refractivity contribution is 0.580. The number of aryl methyl sites for hydroxylation is 3. The van der Waals surface area contributed by atoms with Crippen LogP contribution in [0.15, 0.2) is 42.9 Å². The van der Waals surface area contributed by atoms with Crippen LogP contribution in [0.1, 0.15) is 11.4 Å². The third kappa shape index (κ3) is 2.47. The summed E-state index contributed by atoms with van der Waals surface area (Å²) in [5.41, 5.74) is 2.62. The van der Waals surface area contributed by atoms with Gasteiger partial charge in [0.25, 0.3) is 0 Å². The highest BCUT2D eigenvalue weighted by Gasteiger charge is 2.03. The molecule has 20 heavy (non-hydrogen) atoms. The second kappa shape index (κ2) is 5.51. The van der Waals surface area contributed by atoms with E-state index >= 15 is 0 Å². The number of benzene rings is 1. The van der Waals surface area contributed by atoms with Crippen molar-refractivity contribution in [1.82, 2.24) is 19.4 Å². The monoisotopic (exact) mass is 268 g/mol. The molecule has 0 bridgehead atoms. The molecule has 0 aliphatic carbocycles. The molecule has 1 aromatic carbocycles. The van der Waals surface area contributed by atoms with Gasteiger partial charge < -0.3 is 14.5 Å². The molecular weight excluding hydrogens is 248 g/mol. The lowest BCUT2D eigenvalue weighted by atomic mass is 10.1. The summed E-state index contributed by atoms with van der Waals surface area (Å²) in [7, 11) is 1.98. The maximum atomic E-state index is 4.26. The summed E-state index contributed by atoms with van der Waals surface area (Å²) in [6.07, 6.45) is 6.05. The first-order valence-corrected chi connectivity index (χ1v) is 6.98. The minimum atomic E-state index is 0.912. The number of hydrogen-bond acceptors (Lipinski definition) is 2. The third-order valence-electron chi connectivity index (χ3n) is 3.72. The summed E-state index contributed by atoms with van der Waals surface area (Å²) < 4.78 is 4.49. The molecule has 0 aliphatic heterocycles. The van der Waals surface area contributed by atoms with Crippen LogP contribution < -0.4 is 5.32 Å². The topological polar surface area (TPSA) is 34.8 Å². The zero-order valence-electron chi connectivity index (χ0n) is 12.0. The molecule has 3 rings (SSSR count). The van der Waals surface area contributed by atoms with E-state index in [0.29, 0.717) is 0 Å². The normalized spacial score (nSPS) is 11.3. The number of fused-ring (bicyclic) bond motifs is 1. The van der Waals surface area contributed by atoms with Gasteiger partial charge in [0, 0.05) is 43.7 Å². The quantitative estimate of drug-likeness (QED) is 0.772. The number of hydrogen-bond donors (Lipinski definition) is 1. The zero-order valence-corrected chi connectivity index (χ0v) is 12.0. The van der Waals surface area contributed by atoms with Crippen molar-refractivity contribution in [3.8, 4) is 0 Å². The van der Waals surface area contributed by atoms with Gasteiger partial charge in [0.05, 0.1) is 0 Å². The largest absolute Gasteiger partial charge is 0.346 e. The van der Waals surface area contributed by atoms with Crippen LogP contribution in [-0.4, -0.2) is 21.2 Å². The molecular formula is C16H20N4. The van der Waals surface area contributed by atoms with Crippen molar-refractivity contribution in [3.05, 3.63) is 54.2 Å². The zero-order chi connectivity index (χ0) is 13.9. The van der Waals surface area contributed by atoms with Crippen LogP contribution in [0, 0.1) is 6.92 Å². The molecule has 0 amide bonds. The Labute approximate surface area is 119 Å². The number of aromatic nitrogens is 3. The van der Waals surface area contributed by atoms with E-state index in [9.17, 15) is 0 Å². The van der Waals surface area contributed by atoms with Crippen LogP contribution in [0.2, 0.25) is 0 Å². The number of rotatable bonds is 5. The minimum Gasteiger partial charge on any atom is -0.346 e. The van der Waals surface area contributed by atoms with E-state index in [1.54, 1.807) is 0 Å². The van der Waals surface area contributed by atoms with Gasteiger partial charge in [-0.05, 0) is 43.1 Å². The molecule has 0 spiro atoms. The molecule has 2 aromatic heterocycles. The van der Waals surface area contributed by atoms with Crippen LogP contribution in [0.25, 0.3) is 10.9 Å². The molecule has 0 saturated carbocycles. The molecule has 4 nitrogen and oxygen atoms in total. The van der Waals surface area contributed by atoms with E-state index in [1.807, 2.05) is 26.4 Å². The predicted octanol–water partition coefficient (Wildman–Crippen LogP) is 2.57. The highest BCUT2D eigenvalue weighted by molar-refractivity contribution is 5.80. The maximum Gasteiger partial charge on any atom is 0.105 e. The molecule has 3 aromatic rings. The van der Waals surface area contributed by atoms with Crippen molar-refractivity contribution >= 4 is 10.9 Å². The van der Waals surface area contributed by atoms with E-state index in [-0.39, 0.29) is 0 Å². The maximum absolute atomic E-state index is 4.26. The first kappa shape index (κ1) is 12.9. The van der Waals surface area contributed by atoms with Crippen molar-refractivity contribution in [1.29, 1.82) is 0 Å². The predicted molar refractivity (Wildman–Crippen MR) is 81.7 cm³/mol. The van der Waals surface area contributed by atoms with Gasteiger partial charge in [0.2, 0.25) is 0 Å². The van der Waals surface area contributed by atoms with E-state index < -0.39 is 0 Å². The minimum absolute atomic E-state index is 0.912. The Balaban J connectivity index is 1.80. The van der Waals surface area contributed by atoms with Crippen molar-refractivity contribution in [2.75, 3.05) is 7.05 Å². The van der Waals surface area contributed by atoms with Gasteiger partial charge in [0.1, 0.15) is 5.82 Å². The first-order chi connectivity index (χ1) is 9.78. The fraction of sp³-hybridized carbons (Fsp3) is 0.312. The summed E-state index contributed by atoms with van der Waals surface area (Å²) in [4.78, 5) is 4.26. The summed E-state index contributed by atoms with van der Waals surface area (Å²) in [5, 5.41) is 4.49. The van der Waals surface area contributed by atoms with Crippen molar-refractivity contribution < 1.29 is 0 Å². The smallest absolute Gasteiger partial charge is 0.105 e. The van der Waals surface area contributed by atoms with Gasteiger partial charge in [-0.2, -0.15) is 0 Å². The summed E-state index contributed by atoms with van der Waals surface area (Å²) in [6.45, 7) is 4.87. The number of imidazole rings is 1. The van der Waals surface area contributed by atoms with Crippen molar-refractivity contribution in [3.63, 3.8) is 0 Å². The van der Waals surface area contributed by atoms with Gasteiger partial charge in [0.15, 0.2) is 0 Å². The molecule has 0 saturated heterocycles. The Hall–Kier alpha value is -2.07. The Morgan fingerprint density at radius 3 is 2.70 bits per heavy atom. The van der Waals surface area contributed by atoms with Crippen LogP contribution in [0.5, 0.6) is 0 Å². The van der Waals surface area contributed by atoms with Crippen molar-refractivity contribution in [2.45, 2.75) is 26.6 Å². The van der Waals surface area contributed by atoms with Crippen LogP contribution >= 0.6 is 0 Å². The Kier molecular flexibility index (Phi) is 3.56. The van der Waals surface area contributed by atoms with Crippen LogP contribution in [0.4, 0.5) is 0 Å². The van der Waals surface area contributed by atoms with Crippen LogP contribution in [-0.2, 0) is 19.6 Å². The van der Waals surface area contributed by atoms with E-state index in [4.69, 9.17) is 0 Å². The van der Waals surface area contributed by atoms with Crippen LogP contribution in [0.3, 0.4) is 0 Å². The molecule has 2 heterocycles. The Morgan fingerprint density at radius 2 is 1.95 bits per heavy atom. The number of nitrogens with zero attached hydrogens (tertiary/aromatic N) is 3. The lowest BCUT2D eigenvalue weighted by Gasteiger charge is -2.08. The molecule has 4 heteroatoms. The highest BCUT2D eigenvalue weighted by Crippen LogP contribution is 2.18. The Morgan fingerprint density at radius 1 is 1.10 bits per heavy atom. The molecule has 0 fully saturated rings. The molecule has 0 unspecified atom stereocenters. The first-order valence-electron chi connectivity index (χ1n) is 6.98. The number of nitrogens with one attached hydrogen (secondary N) is 1. The summed E-state index contributed by atoms with van der Waals surface area (Å²) >= 11 is 0. The molecule has 104 valence electrons. The molecule has 0 atom stereocenters. The molecule has 1 N–H and O–H groups in total. The van der Waals surface area contributed by atoms with Gasteiger partial charge in [-0.3, -0.25) is 0 Å². The Bertz CT molecular complexity index is 708. The summed E-state index contributed by atoms with van der Waals surface area (Å²) in [6, 6.07) is 8.85. The second-order valence-electron chi connectivity index (χ2n) is 5.10. The third-order valence-corrected chi connectivity index (χ3v) is 3.72. The standard InChI is InChI=1S/C16H20N4/c1-13-18-6-8-19(13)9-10-20-7-5-15-11-14(12-17-2)3-4-16(15)20/h3-8,11,17H,9-10,12H2,1-2H3. The van der Waals surface area contributed by atoms with E-state index in [2.05, 4.69) is 49.9 Å². The van der Waals surface area contributed by atoms with Gasteiger partial charge in [-0.1, -0.05) is 6.07 Å². The van der Waals surface area contributed by atoms with Gasteiger partial charge >= 0.3 is 0 Å². The molecule has 0 aliphatic rings. The highest BCUT2D eigenvalue weighted by atomic mass is 15.1. The second-order valence-corrected chi connectivity index (χ2v) is 5.10. The fourth-order valence-corrected chi connectivity index (χ4v) is 2.61. The van der Waals surface area contributed by atoms with Gasteiger partial charge in [-0.25, -0.2) is 4.98 Å². The lowest BCUT2D eigenvalue weighted by Crippen LogP contribution is -2.07. The van der Waals surface area contributed by atoms with E-state index in [0.717, 1.165) is 25.5 Å². The molecule has 0 radical (unpaired) electrons. The van der Waals surface area contributed by atoms with Gasteiger partial charge in [-0.15, -0.1) is 0 Å². The van der Waals surface area contributed by atoms with Crippen molar-refractivity contribution in [2.24, 2.45) is 0 Å². The van der Waals surface area contributed by atoms with E-state index in [1.165, 1.54) is 16.5 Å². The SMILES string of the molecule is CNCc1ccc2c(ccn2CCn2ccnc2C)c1. The average molecular weight is 268 g/mol. The fourth-order valence-electron chi connectivity index (χ4n) is 2.61.